The van der Waals surface area contributed by atoms with Gasteiger partial charge in [0.15, 0.2) is 0 Å². The summed E-state index contributed by atoms with van der Waals surface area (Å²) in [4.78, 5) is 0. The van der Waals surface area contributed by atoms with E-state index in [0.29, 0.717) is 0 Å². The summed E-state index contributed by atoms with van der Waals surface area (Å²) in [6.07, 6.45) is 17.4. The third-order valence-electron chi connectivity index (χ3n) is 7.66. The minimum Gasteiger partial charge on any atom is -0.0625 e. The number of rotatable bonds is 0. The van der Waals surface area contributed by atoms with Crippen LogP contribution in [0.15, 0.2) is 0 Å². The van der Waals surface area contributed by atoms with E-state index in [0.717, 1.165) is 41.4 Å². The van der Waals surface area contributed by atoms with Crippen LogP contribution in [0, 0.1) is 41.4 Å². The van der Waals surface area contributed by atoms with Gasteiger partial charge in [0, 0.05) is 0 Å². The highest BCUT2D eigenvalue weighted by Crippen LogP contribution is 2.57. The van der Waals surface area contributed by atoms with Gasteiger partial charge in [0.2, 0.25) is 0 Å². The number of fused-ring (bicyclic) bond motifs is 5. The predicted octanol–water partition coefficient (Wildman–Crippen LogP) is 5.67. The Bertz CT molecular complexity index is 320. The average Bonchev–Trinajstić information content (AvgIpc) is 2.46. The summed E-state index contributed by atoms with van der Waals surface area (Å²) in [5.41, 5.74) is 0. The molecule has 4 rings (SSSR count). The molecule has 0 amide bonds. The molecule has 108 valence electrons. The third kappa shape index (κ3) is 2.18. The lowest BCUT2D eigenvalue weighted by Gasteiger charge is -2.54. The van der Waals surface area contributed by atoms with Gasteiger partial charge in [-0.05, 0) is 86.4 Å². The Morgan fingerprint density at radius 1 is 0.526 bits per heavy atom. The van der Waals surface area contributed by atoms with E-state index >= 15 is 0 Å². The summed E-state index contributed by atoms with van der Waals surface area (Å²) < 4.78 is 0. The normalized spacial score (nSPS) is 53.8. The quantitative estimate of drug-likeness (QED) is 0.527. The molecule has 0 aromatic heterocycles. The molecule has 0 N–H and O–H groups in total. The molecule has 0 heteroatoms. The summed E-state index contributed by atoms with van der Waals surface area (Å²) in [6.45, 7) is 2.50. The van der Waals surface area contributed by atoms with Crippen LogP contribution in [-0.4, -0.2) is 0 Å². The maximum absolute atomic E-state index is 2.50. The maximum atomic E-state index is 2.50. The SMILES string of the molecule is C[C@H]1CC[C@@H]2C3CC[C@@H]4CCCCC4[C@@H]3CC[C@@H]2C1. The second-order valence-corrected chi connectivity index (χ2v) is 8.53. The van der Waals surface area contributed by atoms with Crippen molar-refractivity contribution in [3.8, 4) is 0 Å². The van der Waals surface area contributed by atoms with Gasteiger partial charge in [-0.1, -0.05) is 32.6 Å². The van der Waals surface area contributed by atoms with Gasteiger partial charge in [0.1, 0.15) is 0 Å². The lowest BCUT2D eigenvalue weighted by molar-refractivity contribution is -0.0474. The minimum absolute atomic E-state index is 1.03. The molecule has 0 bridgehead atoms. The van der Waals surface area contributed by atoms with E-state index < -0.39 is 0 Å². The van der Waals surface area contributed by atoms with E-state index in [2.05, 4.69) is 6.92 Å². The van der Waals surface area contributed by atoms with Crippen LogP contribution in [0.25, 0.3) is 0 Å². The van der Waals surface area contributed by atoms with Crippen molar-refractivity contribution in [2.75, 3.05) is 0 Å². The van der Waals surface area contributed by atoms with Gasteiger partial charge in [0.05, 0.1) is 0 Å². The molecule has 4 aliphatic rings. The molecule has 0 radical (unpaired) electrons. The van der Waals surface area contributed by atoms with Crippen molar-refractivity contribution in [2.45, 2.75) is 77.6 Å². The molecule has 0 aromatic carbocycles. The van der Waals surface area contributed by atoms with E-state index in [1.807, 2.05) is 0 Å². The summed E-state index contributed by atoms with van der Waals surface area (Å²) in [6, 6.07) is 0. The second kappa shape index (κ2) is 5.08. The molecule has 19 heavy (non-hydrogen) atoms. The van der Waals surface area contributed by atoms with E-state index in [1.165, 1.54) is 0 Å². The van der Waals surface area contributed by atoms with Gasteiger partial charge in [-0.3, -0.25) is 0 Å². The van der Waals surface area contributed by atoms with Crippen LogP contribution in [0.3, 0.4) is 0 Å². The molecule has 4 aliphatic carbocycles. The Labute approximate surface area is 119 Å². The Morgan fingerprint density at radius 3 is 2.00 bits per heavy atom. The molecule has 0 spiro atoms. The fraction of sp³-hybridized carbons (Fsp3) is 1.00. The van der Waals surface area contributed by atoms with E-state index in [-0.39, 0.29) is 0 Å². The first kappa shape index (κ1) is 12.7. The maximum Gasteiger partial charge on any atom is -0.0352 e. The molecule has 4 fully saturated rings. The van der Waals surface area contributed by atoms with Gasteiger partial charge < -0.3 is 0 Å². The van der Waals surface area contributed by atoms with Crippen molar-refractivity contribution >= 4 is 0 Å². The lowest BCUT2D eigenvalue weighted by Crippen LogP contribution is -2.46. The first-order valence-corrected chi connectivity index (χ1v) is 9.33. The third-order valence-corrected chi connectivity index (χ3v) is 7.66. The van der Waals surface area contributed by atoms with Crippen molar-refractivity contribution < 1.29 is 0 Å². The van der Waals surface area contributed by atoms with Gasteiger partial charge >= 0.3 is 0 Å². The summed E-state index contributed by atoms with van der Waals surface area (Å²) >= 11 is 0. The molecule has 0 saturated heterocycles. The largest absolute Gasteiger partial charge is 0.0625 e. The number of hydrogen-bond acceptors (Lipinski definition) is 0. The second-order valence-electron chi connectivity index (χ2n) is 8.53. The highest BCUT2D eigenvalue weighted by atomic mass is 14.5. The molecule has 7 atom stereocenters. The highest BCUT2D eigenvalue weighted by Gasteiger charge is 2.48. The highest BCUT2D eigenvalue weighted by molar-refractivity contribution is 4.98. The Morgan fingerprint density at radius 2 is 1.16 bits per heavy atom. The van der Waals surface area contributed by atoms with Crippen LogP contribution in [-0.2, 0) is 0 Å². The van der Waals surface area contributed by atoms with Crippen molar-refractivity contribution in [3.63, 3.8) is 0 Å². The molecular weight excluding hydrogens is 228 g/mol. The van der Waals surface area contributed by atoms with Crippen LogP contribution in [0.1, 0.15) is 77.6 Å². The molecule has 2 unspecified atom stereocenters. The monoisotopic (exact) mass is 260 g/mol. The van der Waals surface area contributed by atoms with E-state index in [9.17, 15) is 0 Å². The number of hydrogen-bond donors (Lipinski definition) is 0. The zero-order chi connectivity index (χ0) is 12.8. The standard InChI is InChI=1S/C19H32/c1-13-6-9-17-15(12-13)8-11-18-16-5-3-2-4-14(16)7-10-19(17)18/h13-19H,2-12H2,1H3/t13-,14-,15+,16?,17-,18-,19?/m0/s1. The average molecular weight is 260 g/mol. The van der Waals surface area contributed by atoms with Crippen LogP contribution in [0.4, 0.5) is 0 Å². The van der Waals surface area contributed by atoms with Crippen LogP contribution in [0.5, 0.6) is 0 Å². The summed E-state index contributed by atoms with van der Waals surface area (Å²) in [7, 11) is 0. The fourth-order valence-corrected chi connectivity index (χ4v) is 6.88. The molecule has 0 nitrogen and oxygen atoms in total. The molecule has 0 aliphatic heterocycles. The van der Waals surface area contributed by atoms with Gasteiger partial charge in [-0.2, -0.15) is 0 Å². The molecule has 4 saturated carbocycles. The Kier molecular flexibility index (Phi) is 3.40. The first-order chi connectivity index (χ1) is 9.33. The van der Waals surface area contributed by atoms with Crippen LogP contribution in [0.2, 0.25) is 0 Å². The van der Waals surface area contributed by atoms with Crippen molar-refractivity contribution in [2.24, 2.45) is 41.4 Å². The minimum atomic E-state index is 1.03. The topological polar surface area (TPSA) is 0 Å². The van der Waals surface area contributed by atoms with E-state index in [4.69, 9.17) is 0 Å². The van der Waals surface area contributed by atoms with Crippen molar-refractivity contribution in [1.82, 2.24) is 0 Å². The van der Waals surface area contributed by atoms with Crippen molar-refractivity contribution in [3.05, 3.63) is 0 Å². The zero-order valence-corrected chi connectivity index (χ0v) is 12.8. The Hall–Kier alpha value is 0. The zero-order valence-electron chi connectivity index (χ0n) is 12.8. The van der Waals surface area contributed by atoms with Crippen LogP contribution >= 0.6 is 0 Å². The summed E-state index contributed by atoms with van der Waals surface area (Å²) in [5.74, 6) is 7.94. The Balaban J connectivity index is 1.52. The molecule has 0 heterocycles. The summed E-state index contributed by atoms with van der Waals surface area (Å²) in [5, 5.41) is 0. The lowest BCUT2D eigenvalue weighted by atomic mass is 9.51. The van der Waals surface area contributed by atoms with Crippen molar-refractivity contribution in [1.29, 1.82) is 0 Å². The van der Waals surface area contributed by atoms with Gasteiger partial charge in [-0.15, -0.1) is 0 Å². The van der Waals surface area contributed by atoms with Crippen LogP contribution < -0.4 is 0 Å². The fourth-order valence-electron chi connectivity index (χ4n) is 6.88. The molecular formula is C19H32. The smallest absolute Gasteiger partial charge is 0.0352 e. The first-order valence-electron chi connectivity index (χ1n) is 9.33. The molecule has 0 aromatic rings. The van der Waals surface area contributed by atoms with E-state index in [1.54, 1.807) is 70.6 Å². The van der Waals surface area contributed by atoms with Gasteiger partial charge in [0.25, 0.3) is 0 Å². The van der Waals surface area contributed by atoms with Gasteiger partial charge in [-0.25, -0.2) is 0 Å². The predicted molar refractivity (Wildman–Crippen MR) is 80.9 cm³/mol.